The summed E-state index contributed by atoms with van der Waals surface area (Å²) >= 11 is 0. The van der Waals surface area contributed by atoms with E-state index >= 15 is 0 Å². The van der Waals surface area contributed by atoms with Crippen molar-refractivity contribution in [1.29, 1.82) is 0 Å². The molecule has 0 saturated carbocycles. The van der Waals surface area contributed by atoms with Gasteiger partial charge >= 0.3 is 0 Å². The van der Waals surface area contributed by atoms with E-state index in [-0.39, 0.29) is 12.5 Å². The number of hydrogen-bond acceptors (Lipinski definition) is 3. The summed E-state index contributed by atoms with van der Waals surface area (Å²) in [6, 6.07) is 13.9. The Labute approximate surface area is 153 Å². The Balaban J connectivity index is 1.65. The van der Waals surface area contributed by atoms with E-state index in [4.69, 9.17) is 4.74 Å². The maximum atomic E-state index is 12.0. The highest BCUT2D eigenvalue weighted by atomic mass is 16.5. The fourth-order valence-electron chi connectivity index (χ4n) is 2.94. The maximum Gasteiger partial charge on any atom is 0.277 e. The van der Waals surface area contributed by atoms with E-state index in [1.54, 1.807) is 6.21 Å². The van der Waals surface area contributed by atoms with Crippen LogP contribution in [-0.2, 0) is 11.8 Å². The van der Waals surface area contributed by atoms with Crippen molar-refractivity contribution in [3.8, 4) is 5.75 Å². The summed E-state index contributed by atoms with van der Waals surface area (Å²) < 4.78 is 7.70. The molecule has 26 heavy (non-hydrogen) atoms. The fourth-order valence-corrected chi connectivity index (χ4v) is 2.94. The normalized spacial score (nSPS) is 11.2. The van der Waals surface area contributed by atoms with Crippen LogP contribution >= 0.6 is 0 Å². The number of carbonyl (C=O) groups excluding carboxylic acids is 1. The standard InChI is InChI=1S/C21H23N3O2/c1-14-8-7-11-20(15(14)2)26-13-21(25)23-22-12-18-16(3)24(4)19-10-6-5-9-17(18)19/h5-12H,13H2,1-4H3,(H,23,25)/b22-12+. The molecule has 5 nitrogen and oxygen atoms in total. The zero-order valence-corrected chi connectivity index (χ0v) is 15.5. The van der Waals surface area contributed by atoms with Gasteiger partial charge in [-0.2, -0.15) is 5.10 Å². The molecule has 1 aromatic heterocycles. The lowest BCUT2D eigenvalue weighted by Crippen LogP contribution is -2.24. The summed E-state index contributed by atoms with van der Waals surface area (Å²) in [4.78, 5) is 12.0. The molecule has 0 bridgehead atoms. The van der Waals surface area contributed by atoms with Gasteiger partial charge in [-0.3, -0.25) is 4.79 Å². The van der Waals surface area contributed by atoms with Crippen LogP contribution in [-0.4, -0.2) is 23.3 Å². The average molecular weight is 349 g/mol. The summed E-state index contributed by atoms with van der Waals surface area (Å²) in [5.41, 5.74) is 7.93. The van der Waals surface area contributed by atoms with Crippen LogP contribution in [0.5, 0.6) is 5.75 Å². The van der Waals surface area contributed by atoms with Crippen molar-refractivity contribution in [2.45, 2.75) is 20.8 Å². The molecule has 0 radical (unpaired) electrons. The number of fused-ring (bicyclic) bond motifs is 1. The predicted molar refractivity (Wildman–Crippen MR) is 105 cm³/mol. The molecule has 3 aromatic rings. The number of amides is 1. The number of benzene rings is 2. The molecule has 3 rings (SSSR count). The molecule has 1 N–H and O–H groups in total. The zero-order valence-electron chi connectivity index (χ0n) is 15.5. The molecule has 0 atom stereocenters. The molecule has 0 aliphatic rings. The number of aryl methyl sites for hydroxylation is 2. The Morgan fingerprint density at radius 3 is 2.73 bits per heavy atom. The van der Waals surface area contributed by atoms with Gasteiger partial charge in [0.15, 0.2) is 6.61 Å². The minimum atomic E-state index is -0.292. The van der Waals surface area contributed by atoms with Gasteiger partial charge in [0, 0.05) is 29.2 Å². The second-order valence-corrected chi connectivity index (χ2v) is 6.36. The fraction of sp³-hybridized carbons (Fsp3) is 0.238. The number of carbonyl (C=O) groups is 1. The van der Waals surface area contributed by atoms with Gasteiger partial charge < -0.3 is 9.30 Å². The Bertz CT molecular complexity index is 986. The average Bonchev–Trinajstić information content (AvgIpc) is 2.88. The first-order chi connectivity index (χ1) is 12.5. The van der Waals surface area contributed by atoms with E-state index in [9.17, 15) is 4.79 Å². The van der Waals surface area contributed by atoms with Crippen LogP contribution in [0.3, 0.4) is 0 Å². The first kappa shape index (κ1) is 17.7. The highest BCUT2D eigenvalue weighted by Crippen LogP contribution is 2.23. The first-order valence-corrected chi connectivity index (χ1v) is 8.54. The van der Waals surface area contributed by atoms with Crippen LogP contribution < -0.4 is 10.2 Å². The van der Waals surface area contributed by atoms with E-state index in [0.29, 0.717) is 5.75 Å². The molecule has 134 valence electrons. The number of para-hydroxylation sites is 1. The summed E-state index contributed by atoms with van der Waals surface area (Å²) in [6.45, 7) is 5.95. The van der Waals surface area contributed by atoms with Crippen molar-refractivity contribution in [3.05, 3.63) is 64.8 Å². The van der Waals surface area contributed by atoms with Crippen LogP contribution in [0.15, 0.2) is 47.6 Å². The number of hydrogen-bond donors (Lipinski definition) is 1. The number of rotatable bonds is 5. The SMILES string of the molecule is Cc1cccc(OCC(=O)N/N=C/c2c(C)n(C)c3ccccc23)c1C. The highest BCUT2D eigenvalue weighted by Gasteiger charge is 2.10. The Hall–Kier alpha value is -3.08. The largest absolute Gasteiger partial charge is 0.483 e. The molecule has 0 unspecified atom stereocenters. The van der Waals surface area contributed by atoms with Gasteiger partial charge in [0.2, 0.25) is 0 Å². The molecule has 0 fully saturated rings. The van der Waals surface area contributed by atoms with E-state index in [1.807, 2.05) is 58.2 Å². The second-order valence-electron chi connectivity index (χ2n) is 6.36. The molecule has 2 aromatic carbocycles. The van der Waals surface area contributed by atoms with Crippen LogP contribution in [0.2, 0.25) is 0 Å². The van der Waals surface area contributed by atoms with Gasteiger partial charge in [-0.15, -0.1) is 0 Å². The second kappa shape index (κ2) is 7.44. The molecule has 1 heterocycles. The lowest BCUT2D eigenvalue weighted by Gasteiger charge is -2.09. The molecule has 0 aliphatic heterocycles. The number of ether oxygens (including phenoxy) is 1. The van der Waals surface area contributed by atoms with Gasteiger partial charge in [-0.1, -0.05) is 30.3 Å². The Morgan fingerprint density at radius 2 is 1.92 bits per heavy atom. The molecule has 0 spiro atoms. The number of aromatic nitrogens is 1. The van der Waals surface area contributed by atoms with E-state index in [0.717, 1.165) is 33.3 Å². The molecule has 0 aliphatic carbocycles. The lowest BCUT2D eigenvalue weighted by molar-refractivity contribution is -0.123. The van der Waals surface area contributed by atoms with E-state index < -0.39 is 0 Å². The molecule has 5 heteroatoms. The van der Waals surface area contributed by atoms with Crippen molar-refractivity contribution >= 4 is 23.0 Å². The molecular weight excluding hydrogens is 326 g/mol. The van der Waals surface area contributed by atoms with Crippen molar-refractivity contribution < 1.29 is 9.53 Å². The van der Waals surface area contributed by atoms with Crippen molar-refractivity contribution in [2.24, 2.45) is 12.1 Å². The third-order valence-electron chi connectivity index (χ3n) is 4.75. The monoisotopic (exact) mass is 349 g/mol. The van der Waals surface area contributed by atoms with Crippen molar-refractivity contribution in [1.82, 2.24) is 9.99 Å². The van der Waals surface area contributed by atoms with E-state index in [2.05, 4.69) is 27.2 Å². The first-order valence-electron chi connectivity index (χ1n) is 8.54. The summed E-state index contributed by atoms with van der Waals surface area (Å²) in [6.07, 6.45) is 1.69. The third-order valence-corrected chi connectivity index (χ3v) is 4.75. The zero-order chi connectivity index (χ0) is 18.7. The van der Waals surface area contributed by atoms with Crippen LogP contribution in [0.25, 0.3) is 10.9 Å². The Kier molecular flexibility index (Phi) is 5.07. The van der Waals surface area contributed by atoms with Gasteiger partial charge in [-0.05, 0) is 44.0 Å². The molecular formula is C21H23N3O2. The van der Waals surface area contributed by atoms with Gasteiger partial charge in [0.25, 0.3) is 5.91 Å². The summed E-state index contributed by atoms with van der Waals surface area (Å²) in [7, 11) is 2.02. The van der Waals surface area contributed by atoms with Crippen LogP contribution in [0.4, 0.5) is 0 Å². The minimum absolute atomic E-state index is 0.0733. The van der Waals surface area contributed by atoms with Gasteiger partial charge in [-0.25, -0.2) is 5.43 Å². The topological polar surface area (TPSA) is 55.6 Å². The van der Waals surface area contributed by atoms with Crippen LogP contribution in [0, 0.1) is 20.8 Å². The quantitative estimate of drug-likeness (QED) is 0.565. The van der Waals surface area contributed by atoms with Crippen molar-refractivity contribution in [3.63, 3.8) is 0 Å². The van der Waals surface area contributed by atoms with Crippen LogP contribution in [0.1, 0.15) is 22.4 Å². The Morgan fingerprint density at radius 1 is 1.15 bits per heavy atom. The van der Waals surface area contributed by atoms with Gasteiger partial charge in [0.1, 0.15) is 5.75 Å². The maximum absolute atomic E-state index is 12.0. The number of hydrazone groups is 1. The predicted octanol–water partition coefficient (Wildman–Crippen LogP) is 3.63. The van der Waals surface area contributed by atoms with E-state index in [1.165, 1.54) is 0 Å². The summed E-state index contributed by atoms with van der Waals surface area (Å²) in [5.74, 6) is 0.425. The van der Waals surface area contributed by atoms with Gasteiger partial charge in [0.05, 0.1) is 6.21 Å². The van der Waals surface area contributed by atoms with Crippen molar-refractivity contribution in [2.75, 3.05) is 6.61 Å². The smallest absolute Gasteiger partial charge is 0.277 e. The number of nitrogens with zero attached hydrogens (tertiary/aromatic N) is 2. The number of nitrogens with one attached hydrogen (secondary N) is 1. The molecule has 0 saturated heterocycles. The lowest BCUT2D eigenvalue weighted by atomic mass is 10.1. The summed E-state index contributed by atoms with van der Waals surface area (Å²) in [5, 5.41) is 5.21. The molecule has 1 amide bonds. The minimum Gasteiger partial charge on any atom is -0.483 e. The highest BCUT2D eigenvalue weighted by molar-refractivity contribution is 6.01. The third kappa shape index (κ3) is 3.47.